The van der Waals surface area contributed by atoms with Gasteiger partial charge in [0, 0.05) is 6.42 Å². The Hall–Kier alpha value is -1.46. The Morgan fingerprint density at radius 1 is 1.25 bits per heavy atom. The van der Waals surface area contributed by atoms with Crippen molar-refractivity contribution in [1.82, 2.24) is 15.5 Å². The highest BCUT2D eigenvalue weighted by atomic mass is 35.5. The summed E-state index contributed by atoms with van der Waals surface area (Å²) >= 11 is 0. The van der Waals surface area contributed by atoms with E-state index in [2.05, 4.69) is 15.5 Å². The molecule has 0 atom stereocenters. The van der Waals surface area contributed by atoms with Crippen LogP contribution in [-0.2, 0) is 6.42 Å². The quantitative estimate of drug-likeness (QED) is 0.946. The van der Waals surface area contributed by atoms with Crippen LogP contribution in [0.25, 0.3) is 11.4 Å². The van der Waals surface area contributed by atoms with Crippen molar-refractivity contribution in [2.24, 2.45) is 5.92 Å². The maximum absolute atomic E-state index is 13.6. The number of hydrogen-bond donors (Lipinski definition) is 1. The summed E-state index contributed by atoms with van der Waals surface area (Å²) < 4.78 is 18.8. The van der Waals surface area contributed by atoms with Gasteiger partial charge in [0.05, 0.1) is 5.56 Å². The lowest BCUT2D eigenvalue weighted by atomic mass is 9.95. The maximum Gasteiger partial charge on any atom is 0.227 e. The van der Waals surface area contributed by atoms with E-state index < -0.39 is 0 Å². The van der Waals surface area contributed by atoms with Crippen molar-refractivity contribution in [2.75, 3.05) is 13.1 Å². The van der Waals surface area contributed by atoms with Crippen LogP contribution in [0.1, 0.15) is 18.7 Å². The van der Waals surface area contributed by atoms with E-state index in [9.17, 15) is 4.39 Å². The predicted octanol–water partition coefficient (Wildman–Crippen LogP) is 2.84. The molecule has 0 spiro atoms. The van der Waals surface area contributed by atoms with E-state index in [4.69, 9.17) is 4.52 Å². The van der Waals surface area contributed by atoms with Crippen molar-refractivity contribution in [2.45, 2.75) is 19.3 Å². The van der Waals surface area contributed by atoms with Gasteiger partial charge in [0.15, 0.2) is 0 Å². The van der Waals surface area contributed by atoms with E-state index in [1.165, 1.54) is 6.07 Å². The largest absolute Gasteiger partial charge is 0.339 e. The lowest BCUT2D eigenvalue weighted by Gasteiger charge is -2.20. The highest BCUT2D eigenvalue weighted by Gasteiger charge is 2.18. The van der Waals surface area contributed by atoms with Crippen molar-refractivity contribution in [3.63, 3.8) is 0 Å². The molecule has 1 aromatic carbocycles. The lowest BCUT2D eigenvalue weighted by Crippen LogP contribution is -2.28. The predicted molar refractivity (Wildman–Crippen MR) is 76.2 cm³/mol. The summed E-state index contributed by atoms with van der Waals surface area (Å²) in [4.78, 5) is 4.30. The summed E-state index contributed by atoms with van der Waals surface area (Å²) in [6, 6.07) is 6.47. The third kappa shape index (κ3) is 3.35. The van der Waals surface area contributed by atoms with Gasteiger partial charge in [-0.2, -0.15) is 4.98 Å². The van der Waals surface area contributed by atoms with Gasteiger partial charge in [0.25, 0.3) is 0 Å². The van der Waals surface area contributed by atoms with Crippen LogP contribution in [0.2, 0.25) is 0 Å². The molecule has 1 aromatic heterocycles. The Morgan fingerprint density at radius 3 is 2.75 bits per heavy atom. The Bertz CT molecular complexity index is 555. The van der Waals surface area contributed by atoms with Crippen LogP contribution in [0, 0.1) is 11.7 Å². The SMILES string of the molecule is Cl.Fc1ccccc1-c1noc(CC2CCNCC2)n1. The summed E-state index contributed by atoms with van der Waals surface area (Å²) in [7, 11) is 0. The first-order valence-electron chi connectivity index (χ1n) is 6.61. The average Bonchev–Trinajstić information content (AvgIpc) is 2.89. The second-order valence-corrected chi connectivity index (χ2v) is 4.89. The van der Waals surface area contributed by atoms with Crippen LogP contribution in [0.5, 0.6) is 0 Å². The molecular formula is C14H17ClFN3O. The molecule has 0 radical (unpaired) electrons. The first-order chi connectivity index (χ1) is 9.33. The first-order valence-corrected chi connectivity index (χ1v) is 6.61. The van der Waals surface area contributed by atoms with Crippen molar-refractivity contribution in [3.05, 3.63) is 36.0 Å². The number of piperidine rings is 1. The Morgan fingerprint density at radius 2 is 2.00 bits per heavy atom. The first kappa shape index (κ1) is 14.9. The fourth-order valence-corrected chi connectivity index (χ4v) is 2.42. The van der Waals surface area contributed by atoms with E-state index in [1.807, 2.05) is 0 Å². The molecule has 20 heavy (non-hydrogen) atoms. The molecule has 4 nitrogen and oxygen atoms in total. The molecular weight excluding hydrogens is 281 g/mol. The number of nitrogens with one attached hydrogen (secondary N) is 1. The van der Waals surface area contributed by atoms with Crippen LogP contribution >= 0.6 is 12.4 Å². The molecule has 108 valence electrons. The molecule has 3 rings (SSSR count). The Balaban J connectivity index is 0.00000147. The summed E-state index contributed by atoms with van der Waals surface area (Å²) in [5.74, 6) is 1.19. The van der Waals surface area contributed by atoms with Crippen molar-refractivity contribution < 1.29 is 8.91 Å². The highest BCUT2D eigenvalue weighted by molar-refractivity contribution is 5.85. The average molecular weight is 298 g/mol. The summed E-state index contributed by atoms with van der Waals surface area (Å²) in [5.41, 5.74) is 0.391. The molecule has 1 N–H and O–H groups in total. The van der Waals surface area contributed by atoms with Crippen LogP contribution < -0.4 is 5.32 Å². The fraction of sp³-hybridized carbons (Fsp3) is 0.429. The van der Waals surface area contributed by atoms with E-state index >= 15 is 0 Å². The molecule has 1 fully saturated rings. The van der Waals surface area contributed by atoms with Crippen molar-refractivity contribution in [1.29, 1.82) is 0 Å². The van der Waals surface area contributed by atoms with Gasteiger partial charge in [-0.05, 0) is 44.0 Å². The van der Waals surface area contributed by atoms with Gasteiger partial charge in [0.2, 0.25) is 11.7 Å². The summed E-state index contributed by atoms with van der Waals surface area (Å²) in [5, 5.41) is 7.19. The Kier molecular flexibility index (Phi) is 5.09. The van der Waals surface area contributed by atoms with Gasteiger partial charge in [-0.25, -0.2) is 4.39 Å². The lowest BCUT2D eigenvalue weighted by molar-refractivity contribution is 0.313. The normalized spacial score (nSPS) is 15.8. The maximum atomic E-state index is 13.6. The minimum atomic E-state index is -0.322. The second-order valence-electron chi connectivity index (χ2n) is 4.89. The van der Waals surface area contributed by atoms with E-state index in [1.54, 1.807) is 18.2 Å². The molecule has 0 amide bonds. The number of nitrogens with zero attached hydrogens (tertiary/aromatic N) is 2. The van der Waals surface area contributed by atoms with Gasteiger partial charge < -0.3 is 9.84 Å². The van der Waals surface area contributed by atoms with E-state index in [-0.39, 0.29) is 18.2 Å². The molecule has 1 saturated heterocycles. The number of hydrogen-bond acceptors (Lipinski definition) is 4. The van der Waals surface area contributed by atoms with Gasteiger partial charge in [-0.15, -0.1) is 12.4 Å². The number of halogens is 2. The fourth-order valence-electron chi connectivity index (χ4n) is 2.42. The van der Waals surface area contributed by atoms with Crippen LogP contribution in [-0.4, -0.2) is 23.2 Å². The zero-order chi connectivity index (χ0) is 13.1. The summed E-state index contributed by atoms with van der Waals surface area (Å²) in [6.45, 7) is 2.08. The monoisotopic (exact) mass is 297 g/mol. The second kappa shape index (κ2) is 6.81. The standard InChI is InChI=1S/C14H16FN3O.ClH/c15-12-4-2-1-3-11(12)14-17-13(19-18-14)9-10-5-7-16-8-6-10;/h1-4,10,16H,5-9H2;1H. The minimum absolute atomic E-state index is 0. The van der Waals surface area contributed by atoms with Crippen molar-refractivity contribution in [3.8, 4) is 11.4 Å². The van der Waals surface area contributed by atoms with Crippen LogP contribution in [0.15, 0.2) is 28.8 Å². The molecule has 0 bridgehead atoms. The molecule has 2 heterocycles. The van der Waals surface area contributed by atoms with Gasteiger partial charge in [-0.1, -0.05) is 17.3 Å². The van der Waals surface area contributed by atoms with Crippen LogP contribution in [0.4, 0.5) is 4.39 Å². The Labute approximate surface area is 123 Å². The molecule has 1 aliphatic heterocycles. The third-order valence-electron chi connectivity index (χ3n) is 3.50. The zero-order valence-corrected chi connectivity index (χ0v) is 11.8. The highest BCUT2D eigenvalue weighted by Crippen LogP contribution is 2.22. The van der Waals surface area contributed by atoms with E-state index in [0.717, 1.165) is 32.4 Å². The van der Waals surface area contributed by atoms with Gasteiger partial charge in [-0.3, -0.25) is 0 Å². The molecule has 1 aliphatic rings. The molecule has 0 aliphatic carbocycles. The molecule has 0 saturated carbocycles. The molecule has 0 unspecified atom stereocenters. The minimum Gasteiger partial charge on any atom is -0.339 e. The number of aromatic nitrogens is 2. The van der Waals surface area contributed by atoms with E-state index in [0.29, 0.717) is 23.2 Å². The smallest absolute Gasteiger partial charge is 0.227 e. The molecule has 6 heteroatoms. The number of rotatable bonds is 3. The third-order valence-corrected chi connectivity index (χ3v) is 3.50. The topological polar surface area (TPSA) is 51.0 Å². The van der Waals surface area contributed by atoms with Crippen molar-refractivity contribution >= 4 is 12.4 Å². The zero-order valence-electron chi connectivity index (χ0n) is 11.0. The number of benzene rings is 1. The van der Waals surface area contributed by atoms with Gasteiger partial charge >= 0.3 is 0 Å². The molecule has 2 aromatic rings. The van der Waals surface area contributed by atoms with Crippen LogP contribution in [0.3, 0.4) is 0 Å². The summed E-state index contributed by atoms with van der Waals surface area (Å²) in [6.07, 6.45) is 3.03. The van der Waals surface area contributed by atoms with Gasteiger partial charge in [0.1, 0.15) is 5.82 Å².